The highest BCUT2D eigenvalue weighted by Crippen LogP contribution is 2.31. The molecule has 2 aliphatic rings. The number of benzene rings is 1. The van der Waals surface area contributed by atoms with Crippen LogP contribution in [0.3, 0.4) is 0 Å². The second-order valence-electron chi connectivity index (χ2n) is 7.65. The van der Waals surface area contributed by atoms with E-state index in [0.717, 1.165) is 49.9 Å². The van der Waals surface area contributed by atoms with Gasteiger partial charge in [0.05, 0.1) is 13.2 Å². The van der Waals surface area contributed by atoms with Gasteiger partial charge in [-0.25, -0.2) is 4.98 Å². The Morgan fingerprint density at radius 3 is 2.72 bits per heavy atom. The number of ether oxygens (including phenoxy) is 1. The number of aromatic nitrogens is 1. The summed E-state index contributed by atoms with van der Waals surface area (Å²) in [6.45, 7) is 6.03. The van der Waals surface area contributed by atoms with Crippen LogP contribution in [0, 0.1) is 0 Å². The van der Waals surface area contributed by atoms with Crippen LogP contribution in [0.1, 0.15) is 22.0 Å². The maximum absolute atomic E-state index is 13.5. The third kappa shape index (κ3) is 4.21. The van der Waals surface area contributed by atoms with E-state index in [4.69, 9.17) is 4.74 Å². The van der Waals surface area contributed by atoms with E-state index in [1.54, 1.807) is 13.3 Å². The van der Waals surface area contributed by atoms with Gasteiger partial charge in [0.25, 0.3) is 5.91 Å². The Balaban J connectivity index is 1.58. The third-order valence-corrected chi connectivity index (χ3v) is 5.82. The Labute approximate surface area is 172 Å². The fourth-order valence-electron chi connectivity index (χ4n) is 4.09. The molecule has 2 saturated heterocycles. The molecular formula is C22H29N5O2. The summed E-state index contributed by atoms with van der Waals surface area (Å²) in [5, 5.41) is 3.41. The average molecular weight is 396 g/mol. The fourth-order valence-corrected chi connectivity index (χ4v) is 4.09. The maximum Gasteiger partial charge on any atom is 0.254 e. The number of rotatable bonds is 4. The largest absolute Gasteiger partial charge is 0.496 e. The Bertz CT molecular complexity index is 851. The molecule has 154 valence electrons. The third-order valence-electron chi connectivity index (χ3n) is 5.82. The van der Waals surface area contributed by atoms with Crippen molar-refractivity contribution < 1.29 is 9.53 Å². The molecule has 4 rings (SSSR count). The summed E-state index contributed by atoms with van der Waals surface area (Å²) in [4.78, 5) is 24.5. The van der Waals surface area contributed by atoms with Gasteiger partial charge >= 0.3 is 0 Å². The molecule has 2 fully saturated rings. The molecule has 1 amide bonds. The number of anilines is 1. The number of nitrogens with zero attached hydrogens (tertiary/aromatic N) is 4. The number of carbonyl (C=O) groups is 1. The Morgan fingerprint density at radius 2 is 1.93 bits per heavy atom. The fraction of sp³-hybridized carbons (Fsp3) is 0.455. The molecule has 3 heterocycles. The topological polar surface area (TPSA) is 60.9 Å². The van der Waals surface area contributed by atoms with Crippen LogP contribution in [-0.2, 0) is 0 Å². The first-order valence-corrected chi connectivity index (χ1v) is 10.2. The van der Waals surface area contributed by atoms with Gasteiger partial charge in [0.2, 0.25) is 0 Å². The lowest BCUT2D eigenvalue weighted by Gasteiger charge is -2.37. The normalized spacial score (nSPS) is 20.6. The highest BCUT2D eigenvalue weighted by atomic mass is 16.5. The van der Waals surface area contributed by atoms with Crippen molar-refractivity contribution in [3.63, 3.8) is 0 Å². The number of methoxy groups -OCH3 is 1. The maximum atomic E-state index is 13.5. The molecule has 1 aromatic carbocycles. The first-order valence-electron chi connectivity index (χ1n) is 10.2. The van der Waals surface area contributed by atoms with Crippen LogP contribution >= 0.6 is 0 Å². The number of hydrogen-bond acceptors (Lipinski definition) is 6. The molecule has 1 N–H and O–H groups in total. The lowest BCUT2D eigenvalue weighted by atomic mass is 10.0. The van der Waals surface area contributed by atoms with Crippen LogP contribution in [0.15, 0.2) is 42.6 Å². The van der Waals surface area contributed by atoms with Crippen LogP contribution in [0.25, 0.3) is 0 Å². The van der Waals surface area contributed by atoms with Gasteiger partial charge in [-0.05, 0) is 25.2 Å². The van der Waals surface area contributed by atoms with Gasteiger partial charge in [-0.3, -0.25) is 4.79 Å². The SMILES string of the molecule is COc1ccccc1C1CNCCN1C(=O)c1ccnc(N2CCN(C)CC2)c1. The van der Waals surface area contributed by atoms with E-state index >= 15 is 0 Å². The monoisotopic (exact) mass is 395 g/mol. The van der Waals surface area contributed by atoms with Crippen molar-refractivity contribution in [3.05, 3.63) is 53.7 Å². The van der Waals surface area contributed by atoms with E-state index in [9.17, 15) is 4.79 Å². The van der Waals surface area contributed by atoms with Crippen molar-refractivity contribution in [3.8, 4) is 5.75 Å². The molecule has 7 heteroatoms. The highest BCUT2D eigenvalue weighted by molar-refractivity contribution is 5.95. The van der Waals surface area contributed by atoms with Crippen molar-refractivity contribution in [2.24, 2.45) is 0 Å². The molecule has 0 spiro atoms. The van der Waals surface area contributed by atoms with E-state index in [1.165, 1.54) is 0 Å². The lowest BCUT2D eigenvalue weighted by Crippen LogP contribution is -2.49. The number of piperazine rings is 2. The number of hydrogen-bond donors (Lipinski definition) is 1. The summed E-state index contributed by atoms with van der Waals surface area (Å²) < 4.78 is 5.55. The van der Waals surface area contributed by atoms with Gasteiger partial charge in [0.15, 0.2) is 0 Å². The zero-order chi connectivity index (χ0) is 20.2. The number of likely N-dealkylation sites (N-methyl/N-ethyl adjacent to an activating group) is 1. The highest BCUT2D eigenvalue weighted by Gasteiger charge is 2.31. The molecule has 0 saturated carbocycles. The molecule has 2 aromatic rings. The molecule has 1 aromatic heterocycles. The van der Waals surface area contributed by atoms with Crippen LogP contribution < -0.4 is 15.0 Å². The minimum Gasteiger partial charge on any atom is -0.496 e. The van der Waals surface area contributed by atoms with Crippen molar-refractivity contribution in [2.75, 3.05) is 64.9 Å². The van der Waals surface area contributed by atoms with Crippen molar-refractivity contribution in [1.29, 1.82) is 0 Å². The predicted molar refractivity (Wildman–Crippen MR) is 114 cm³/mol. The smallest absolute Gasteiger partial charge is 0.254 e. The van der Waals surface area contributed by atoms with Gasteiger partial charge in [0.1, 0.15) is 11.6 Å². The van der Waals surface area contributed by atoms with Crippen LogP contribution in [-0.4, -0.2) is 80.7 Å². The summed E-state index contributed by atoms with van der Waals surface area (Å²) >= 11 is 0. The zero-order valence-corrected chi connectivity index (χ0v) is 17.2. The van der Waals surface area contributed by atoms with Crippen LogP contribution in [0.2, 0.25) is 0 Å². The number of para-hydroxylation sites is 1. The molecule has 0 aliphatic carbocycles. The van der Waals surface area contributed by atoms with Crippen LogP contribution in [0.4, 0.5) is 5.82 Å². The number of carbonyl (C=O) groups excluding carboxylic acids is 1. The lowest BCUT2D eigenvalue weighted by molar-refractivity contribution is 0.0631. The van der Waals surface area contributed by atoms with E-state index in [1.807, 2.05) is 41.3 Å². The second-order valence-corrected chi connectivity index (χ2v) is 7.65. The molecule has 2 aliphatic heterocycles. The molecule has 0 radical (unpaired) electrons. The van der Waals surface area contributed by atoms with E-state index in [0.29, 0.717) is 18.7 Å². The standard InChI is InChI=1S/C22H29N5O2/c1-25-11-13-26(14-12-25)21-15-17(7-8-24-21)22(28)27-10-9-23-16-19(27)18-5-3-4-6-20(18)29-2/h3-8,15,19,23H,9-14,16H2,1-2H3. The summed E-state index contributed by atoms with van der Waals surface area (Å²) in [6.07, 6.45) is 1.75. The zero-order valence-electron chi connectivity index (χ0n) is 17.2. The van der Waals surface area contributed by atoms with Crippen molar-refractivity contribution >= 4 is 11.7 Å². The Kier molecular flexibility index (Phi) is 5.97. The summed E-state index contributed by atoms with van der Waals surface area (Å²) in [5.41, 5.74) is 1.72. The summed E-state index contributed by atoms with van der Waals surface area (Å²) in [6, 6.07) is 11.6. The summed E-state index contributed by atoms with van der Waals surface area (Å²) in [5.74, 6) is 1.74. The first kappa shape index (κ1) is 19.7. The quantitative estimate of drug-likeness (QED) is 0.849. The molecule has 1 unspecified atom stereocenters. The Morgan fingerprint density at radius 1 is 1.14 bits per heavy atom. The minimum absolute atomic E-state index is 0.0418. The Hall–Kier alpha value is -2.64. The number of pyridine rings is 1. The molecule has 1 atom stereocenters. The van der Waals surface area contributed by atoms with E-state index in [2.05, 4.69) is 27.1 Å². The second kappa shape index (κ2) is 8.80. The average Bonchev–Trinajstić information content (AvgIpc) is 2.79. The van der Waals surface area contributed by atoms with Gasteiger partial charge in [-0.1, -0.05) is 18.2 Å². The van der Waals surface area contributed by atoms with Gasteiger partial charge in [-0.2, -0.15) is 0 Å². The minimum atomic E-state index is -0.0624. The van der Waals surface area contributed by atoms with Crippen molar-refractivity contribution in [2.45, 2.75) is 6.04 Å². The van der Waals surface area contributed by atoms with Gasteiger partial charge in [-0.15, -0.1) is 0 Å². The van der Waals surface area contributed by atoms with E-state index in [-0.39, 0.29) is 11.9 Å². The van der Waals surface area contributed by atoms with Gasteiger partial charge in [0, 0.05) is 63.1 Å². The number of nitrogens with one attached hydrogen (secondary N) is 1. The van der Waals surface area contributed by atoms with E-state index < -0.39 is 0 Å². The van der Waals surface area contributed by atoms with Crippen LogP contribution in [0.5, 0.6) is 5.75 Å². The molecular weight excluding hydrogens is 366 g/mol. The predicted octanol–water partition coefficient (Wildman–Crippen LogP) is 1.63. The summed E-state index contributed by atoms with van der Waals surface area (Å²) in [7, 11) is 3.81. The number of amides is 1. The molecule has 0 bridgehead atoms. The molecule has 7 nitrogen and oxygen atoms in total. The van der Waals surface area contributed by atoms with Crippen molar-refractivity contribution in [1.82, 2.24) is 20.1 Å². The first-order chi connectivity index (χ1) is 14.2. The molecule has 29 heavy (non-hydrogen) atoms. The van der Waals surface area contributed by atoms with Gasteiger partial charge < -0.3 is 24.8 Å².